The van der Waals surface area contributed by atoms with Crippen LogP contribution in [0.25, 0.3) is 11.0 Å². The molecular formula is C22H24N4O4. The Morgan fingerprint density at radius 3 is 2.90 bits per heavy atom. The van der Waals surface area contributed by atoms with Crippen LogP contribution in [0, 0.1) is 0 Å². The molecule has 3 aromatic rings. The van der Waals surface area contributed by atoms with Crippen molar-refractivity contribution >= 4 is 16.9 Å². The van der Waals surface area contributed by atoms with Gasteiger partial charge >= 0.3 is 5.69 Å². The molecule has 8 nitrogen and oxygen atoms in total. The number of carbonyl (C=O) groups is 1. The van der Waals surface area contributed by atoms with Crippen LogP contribution in [-0.4, -0.2) is 39.0 Å². The zero-order valence-corrected chi connectivity index (χ0v) is 17.1. The van der Waals surface area contributed by atoms with Crippen molar-refractivity contribution in [2.24, 2.45) is 0 Å². The number of hydrogen-bond acceptors (Lipinski definition) is 5. The third-order valence-corrected chi connectivity index (χ3v) is 5.52. The summed E-state index contributed by atoms with van der Waals surface area (Å²) in [6.45, 7) is 3.01. The average Bonchev–Trinajstić information content (AvgIpc) is 3.26. The fourth-order valence-corrected chi connectivity index (χ4v) is 4.09. The third-order valence-electron chi connectivity index (χ3n) is 5.52. The number of likely N-dealkylation sites (tertiary alicyclic amines) is 1. The van der Waals surface area contributed by atoms with Crippen LogP contribution in [0.4, 0.5) is 0 Å². The van der Waals surface area contributed by atoms with Crippen LogP contribution < -0.4 is 16.0 Å². The van der Waals surface area contributed by atoms with Gasteiger partial charge in [-0.05, 0) is 43.0 Å². The molecule has 0 saturated carbocycles. The number of rotatable bonds is 5. The minimum absolute atomic E-state index is 0.0596. The Bertz CT molecular complexity index is 1210. The Hall–Kier alpha value is -3.42. The summed E-state index contributed by atoms with van der Waals surface area (Å²) in [7, 11) is 1.62. The molecule has 0 radical (unpaired) electrons. The number of aryl methyl sites for hydroxylation is 1. The van der Waals surface area contributed by atoms with Gasteiger partial charge in [0.05, 0.1) is 24.1 Å². The van der Waals surface area contributed by atoms with E-state index in [9.17, 15) is 14.4 Å². The first-order chi connectivity index (χ1) is 14.5. The SMILES string of the molecule is CCCn1c(=O)[nH]c(=O)c2cc(C(=O)N3CCC[C@@H]3c3cccc(OC)c3)cnc21. The number of benzene rings is 1. The van der Waals surface area contributed by atoms with E-state index in [1.807, 2.05) is 36.1 Å². The maximum absolute atomic E-state index is 13.3. The van der Waals surface area contributed by atoms with Crippen LogP contribution >= 0.6 is 0 Å². The number of hydrogen-bond donors (Lipinski definition) is 1. The maximum atomic E-state index is 13.3. The molecule has 1 atom stereocenters. The van der Waals surface area contributed by atoms with Gasteiger partial charge in [0.1, 0.15) is 11.4 Å². The summed E-state index contributed by atoms with van der Waals surface area (Å²) in [5.74, 6) is 0.571. The molecule has 0 bridgehead atoms. The molecule has 4 rings (SSSR count). The second kappa shape index (κ2) is 8.14. The van der Waals surface area contributed by atoms with Gasteiger partial charge in [0.15, 0.2) is 0 Å². The molecule has 1 saturated heterocycles. The first-order valence-corrected chi connectivity index (χ1v) is 10.1. The van der Waals surface area contributed by atoms with E-state index in [2.05, 4.69) is 9.97 Å². The lowest BCUT2D eigenvalue weighted by Crippen LogP contribution is -2.33. The number of nitrogens with one attached hydrogen (secondary N) is 1. The third kappa shape index (κ3) is 3.49. The van der Waals surface area contributed by atoms with E-state index in [1.165, 1.54) is 16.8 Å². The van der Waals surface area contributed by atoms with E-state index in [-0.39, 0.29) is 17.3 Å². The highest BCUT2D eigenvalue weighted by Crippen LogP contribution is 2.34. The van der Waals surface area contributed by atoms with Gasteiger partial charge in [0.25, 0.3) is 11.5 Å². The Morgan fingerprint density at radius 2 is 2.13 bits per heavy atom. The number of methoxy groups -OCH3 is 1. The first kappa shape index (κ1) is 19.9. The molecule has 8 heteroatoms. The summed E-state index contributed by atoms with van der Waals surface area (Å²) >= 11 is 0. The molecule has 1 fully saturated rings. The van der Waals surface area contributed by atoms with E-state index < -0.39 is 11.2 Å². The second-order valence-corrected chi connectivity index (χ2v) is 7.44. The first-order valence-electron chi connectivity index (χ1n) is 10.1. The molecule has 0 unspecified atom stereocenters. The lowest BCUT2D eigenvalue weighted by molar-refractivity contribution is 0.0735. The van der Waals surface area contributed by atoms with Gasteiger partial charge in [0, 0.05) is 19.3 Å². The average molecular weight is 408 g/mol. The Morgan fingerprint density at radius 1 is 1.30 bits per heavy atom. The van der Waals surface area contributed by atoms with E-state index >= 15 is 0 Å². The number of fused-ring (bicyclic) bond motifs is 1. The van der Waals surface area contributed by atoms with E-state index in [1.54, 1.807) is 7.11 Å². The van der Waals surface area contributed by atoms with Crippen molar-refractivity contribution < 1.29 is 9.53 Å². The van der Waals surface area contributed by atoms with Gasteiger partial charge in [-0.15, -0.1) is 0 Å². The number of nitrogens with zero attached hydrogens (tertiary/aromatic N) is 3. The molecule has 30 heavy (non-hydrogen) atoms. The lowest BCUT2D eigenvalue weighted by atomic mass is 10.0. The molecule has 1 amide bonds. The van der Waals surface area contributed by atoms with Crippen LogP contribution in [0.1, 0.15) is 48.1 Å². The van der Waals surface area contributed by atoms with Crippen molar-refractivity contribution in [3.05, 3.63) is 68.5 Å². The summed E-state index contributed by atoms with van der Waals surface area (Å²) in [4.78, 5) is 46.2. The number of amides is 1. The maximum Gasteiger partial charge on any atom is 0.329 e. The smallest absolute Gasteiger partial charge is 0.329 e. The van der Waals surface area contributed by atoms with Gasteiger partial charge < -0.3 is 9.64 Å². The molecule has 1 aromatic carbocycles. The highest BCUT2D eigenvalue weighted by atomic mass is 16.5. The topological polar surface area (TPSA) is 97.3 Å². The number of aromatic amines is 1. The summed E-state index contributed by atoms with van der Waals surface area (Å²) in [5, 5.41) is 0.242. The molecule has 1 N–H and O–H groups in total. The molecule has 3 heterocycles. The fourth-order valence-electron chi connectivity index (χ4n) is 4.09. The van der Waals surface area contributed by atoms with Crippen molar-refractivity contribution in [3.63, 3.8) is 0 Å². The lowest BCUT2D eigenvalue weighted by Gasteiger charge is -2.25. The fraction of sp³-hybridized carbons (Fsp3) is 0.364. The van der Waals surface area contributed by atoms with Crippen molar-refractivity contribution in [2.75, 3.05) is 13.7 Å². The zero-order valence-electron chi connectivity index (χ0n) is 17.1. The number of H-pyrrole nitrogens is 1. The molecule has 156 valence electrons. The van der Waals surface area contributed by atoms with Crippen molar-refractivity contribution in [3.8, 4) is 5.75 Å². The van der Waals surface area contributed by atoms with Gasteiger partial charge in [-0.3, -0.25) is 19.1 Å². The number of carbonyl (C=O) groups excluding carboxylic acids is 1. The normalized spacial score (nSPS) is 16.2. The van der Waals surface area contributed by atoms with E-state index in [4.69, 9.17) is 4.74 Å². The van der Waals surface area contributed by atoms with Crippen molar-refractivity contribution in [1.82, 2.24) is 19.4 Å². The van der Waals surface area contributed by atoms with Crippen molar-refractivity contribution in [2.45, 2.75) is 38.8 Å². The zero-order chi connectivity index (χ0) is 21.3. The minimum Gasteiger partial charge on any atom is -0.497 e. The highest BCUT2D eigenvalue weighted by Gasteiger charge is 2.31. The summed E-state index contributed by atoms with van der Waals surface area (Å²) in [5.41, 5.74) is 0.634. The standard InChI is InChI=1S/C22H24N4O4/c1-3-9-26-19-17(20(27)24-22(26)29)12-15(13-23-19)21(28)25-10-5-8-18(25)14-6-4-7-16(11-14)30-2/h4,6-7,11-13,18H,3,5,8-10H2,1-2H3,(H,24,27,29)/t18-/m1/s1. The molecule has 0 aliphatic carbocycles. The van der Waals surface area contributed by atoms with Crippen LogP contribution in [0.2, 0.25) is 0 Å². The van der Waals surface area contributed by atoms with E-state index in [0.29, 0.717) is 24.3 Å². The number of aromatic nitrogens is 3. The van der Waals surface area contributed by atoms with Crippen LogP contribution in [0.15, 0.2) is 46.1 Å². The Balaban J connectivity index is 1.72. The quantitative estimate of drug-likeness (QED) is 0.700. The van der Waals surface area contributed by atoms with Gasteiger partial charge in [-0.2, -0.15) is 0 Å². The summed E-state index contributed by atoms with van der Waals surface area (Å²) in [6.07, 6.45) is 3.93. The molecular weight excluding hydrogens is 384 g/mol. The summed E-state index contributed by atoms with van der Waals surface area (Å²) in [6, 6.07) is 9.21. The van der Waals surface area contributed by atoms with Crippen molar-refractivity contribution in [1.29, 1.82) is 0 Å². The van der Waals surface area contributed by atoms with Gasteiger partial charge in [-0.1, -0.05) is 19.1 Å². The second-order valence-electron chi connectivity index (χ2n) is 7.44. The predicted molar refractivity (Wildman–Crippen MR) is 113 cm³/mol. The largest absolute Gasteiger partial charge is 0.497 e. The Kier molecular flexibility index (Phi) is 5.39. The minimum atomic E-state index is -0.532. The molecule has 0 spiro atoms. The molecule has 1 aliphatic heterocycles. The molecule has 1 aliphatic rings. The highest BCUT2D eigenvalue weighted by molar-refractivity contribution is 5.97. The van der Waals surface area contributed by atoms with E-state index in [0.717, 1.165) is 30.6 Å². The monoisotopic (exact) mass is 408 g/mol. The number of pyridine rings is 1. The summed E-state index contributed by atoms with van der Waals surface area (Å²) < 4.78 is 6.75. The van der Waals surface area contributed by atoms with Crippen LogP contribution in [0.3, 0.4) is 0 Å². The van der Waals surface area contributed by atoms with Crippen LogP contribution in [0.5, 0.6) is 5.75 Å². The molecule has 2 aromatic heterocycles. The van der Waals surface area contributed by atoms with Gasteiger partial charge in [-0.25, -0.2) is 9.78 Å². The van der Waals surface area contributed by atoms with Crippen LogP contribution in [-0.2, 0) is 6.54 Å². The number of ether oxygens (including phenoxy) is 1. The Labute approximate surface area is 173 Å². The van der Waals surface area contributed by atoms with Gasteiger partial charge in [0.2, 0.25) is 0 Å². The predicted octanol–water partition coefficient (Wildman–Crippen LogP) is 2.48.